The number of carbonyl (C=O) groups excluding carboxylic acids is 2. The van der Waals surface area contributed by atoms with Gasteiger partial charge in [-0.1, -0.05) is 26.7 Å². The first-order valence-corrected chi connectivity index (χ1v) is 12.4. The maximum atomic E-state index is 13.7. The van der Waals surface area contributed by atoms with Gasteiger partial charge in [-0.05, 0) is 62.6 Å². The predicted octanol–water partition coefficient (Wildman–Crippen LogP) is 5.57. The van der Waals surface area contributed by atoms with Crippen molar-refractivity contribution in [2.24, 2.45) is 5.41 Å². The molecule has 3 aliphatic rings. The Balaban J connectivity index is 1.82. The van der Waals surface area contributed by atoms with E-state index in [-0.39, 0.29) is 23.3 Å². The Labute approximate surface area is 202 Å². The predicted molar refractivity (Wildman–Crippen MR) is 131 cm³/mol. The molecule has 1 fully saturated rings. The van der Waals surface area contributed by atoms with Crippen molar-refractivity contribution in [1.82, 2.24) is 5.32 Å². The Morgan fingerprint density at radius 1 is 1.03 bits per heavy atom. The molecule has 0 radical (unpaired) electrons. The van der Waals surface area contributed by atoms with Gasteiger partial charge in [0, 0.05) is 29.0 Å². The lowest BCUT2D eigenvalue weighted by Gasteiger charge is -2.40. The van der Waals surface area contributed by atoms with Gasteiger partial charge in [-0.3, -0.25) is 4.79 Å². The number of nitrogens with one attached hydrogen (secondary N) is 1. The van der Waals surface area contributed by atoms with Gasteiger partial charge in [0.25, 0.3) is 0 Å². The Bertz CT molecular complexity index is 1030. The zero-order valence-electron chi connectivity index (χ0n) is 21.1. The molecule has 0 amide bonds. The van der Waals surface area contributed by atoms with Crippen LogP contribution < -0.4 is 14.8 Å². The summed E-state index contributed by atoms with van der Waals surface area (Å²) in [5.74, 6) is 0.402. The number of hydrogen-bond donors (Lipinski definition) is 1. The van der Waals surface area contributed by atoms with E-state index in [0.29, 0.717) is 29.1 Å². The van der Waals surface area contributed by atoms with Crippen LogP contribution in [0.5, 0.6) is 11.5 Å². The standard InChI is InChI=1S/C28H37NO5/c1-17-24(27(31)34-18-10-8-6-7-9-11-18)25(20-14-19(32-4)12-13-23(20)33-5)26-21(29-17)15-28(2,3)16-22(26)30/h12-14,18,25,29H,6-11,15-16H2,1-5H3/t25-/m0/s1. The van der Waals surface area contributed by atoms with Crippen molar-refractivity contribution in [2.45, 2.75) is 84.2 Å². The molecule has 4 rings (SSSR count). The number of esters is 1. The second kappa shape index (κ2) is 9.85. The molecule has 2 aliphatic carbocycles. The van der Waals surface area contributed by atoms with Crippen LogP contribution in [-0.4, -0.2) is 32.1 Å². The number of allylic oxidation sites excluding steroid dienone is 3. The van der Waals surface area contributed by atoms with E-state index in [0.717, 1.165) is 49.1 Å². The maximum Gasteiger partial charge on any atom is 0.337 e. The normalized spacial score (nSPS) is 23.1. The van der Waals surface area contributed by atoms with Crippen LogP contribution in [0.2, 0.25) is 0 Å². The number of dihydropyridines is 1. The summed E-state index contributed by atoms with van der Waals surface area (Å²) in [4.78, 5) is 27.3. The van der Waals surface area contributed by atoms with Gasteiger partial charge >= 0.3 is 5.97 Å². The van der Waals surface area contributed by atoms with Crippen LogP contribution >= 0.6 is 0 Å². The number of ketones is 1. The van der Waals surface area contributed by atoms with Crippen molar-refractivity contribution >= 4 is 11.8 Å². The minimum absolute atomic E-state index is 0.0564. The maximum absolute atomic E-state index is 13.7. The molecule has 0 saturated heterocycles. The highest BCUT2D eigenvalue weighted by Crippen LogP contribution is 2.49. The van der Waals surface area contributed by atoms with E-state index < -0.39 is 5.92 Å². The highest BCUT2D eigenvalue weighted by molar-refractivity contribution is 6.04. The van der Waals surface area contributed by atoms with Crippen LogP contribution in [0.4, 0.5) is 0 Å². The van der Waals surface area contributed by atoms with Crippen LogP contribution in [-0.2, 0) is 14.3 Å². The first kappa shape index (κ1) is 24.4. The van der Waals surface area contributed by atoms with Crippen molar-refractivity contribution in [3.63, 3.8) is 0 Å². The smallest absolute Gasteiger partial charge is 0.337 e. The topological polar surface area (TPSA) is 73.9 Å². The molecule has 0 aromatic heterocycles. The Kier molecular flexibility index (Phi) is 7.06. The summed E-state index contributed by atoms with van der Waals surface area (Å²) in [6.45, 7) is 6.11. The molecular weight excluding hydrogens is 430 g/mol. The third-order valence-corrected chi connectivity index (χ3v) is 7.28. The molecule has 184 valence electrons. The summed E-state index contributed by atoms with van der Waals surface area (Å²) >= 11 is 0. The molecule has 1 atom stereocenters. The van der Waals surface area contributed by atoms with E-state index in [4.69, 9.17) is 14.2 Å². The lowest BCUT2D eigenvalue weighted by atomic mass is 9.68. The van der Waals surface area contributed by atoms with Crippen molar-refractivity contribution in [3.8, 4) is 11.5 Å². The zero-order valence-corrected chi connectivity index (χ0v) is 21.1. The molecule has 6 nitrogen and oxygen atoms in total. The highest BCUT2D eigenvalue weighted by atomic mass is 16.5. The molecule has 1 aromatic rings. The largest absolute Gasteiger partial charge is 0.497 e. The lowest BCUT2D eigenvalue weighted by molar-refractivity contribution is -0.145. The number of rotatable bonds is 5. The Hall–Kier alpha value is -2.76. The van der Waals surface area contributed by atoms with E-state index in [1.54, 1.807) is 14.2 Å². The summed E-state index contributed by atoms with van der Waals surface area (Å²) in [5, 5.41) is 3.42. The summed E-state index contributed by atoms with van der Waals surface area (Å²) in [7, 11) is 3.21. The molecular formula is C28H37NO5. The third-order valence-electron chi connectivity index (χ3n) is 7.28. The fraction of sp³-hybridized carbons (Fsp3) is 0.571. The van der Waals surface area contributed by atoms with Gasteiger partial charge < -0.3 is 19.5 Å². The number of ether oxygens (including phenoxy) is 3. The highest BCUT2D eigenvalue weighted by Gasteiger charge is 2.44. The van der Waals surface area contributed by atoms with Crippen LogP contribution in [0.15, 0.2) is 40.7 Å². The minimum Gasteiger partial charge on any atom is -0.497 e. The molecule has 0 spiro atoms. The summed E-state index contributed by atoms with van der Waals surface area (Å²) in [6.07, 6.45) is 7.37. The van der Waals surface area contributed by atoms with Gasteiger partial charge in [0.15, 0.2) is 5.78 Å². The summed E-state index contributed by atoms with van der Waals surface area (Å²) in [6, 6.07) is 5.53. The molecule has 1 aliphatic heterocycles. The zero-order chi connectivity index (χ0) is 24.5. The number of benzene rings is 1. The summed E-state index contributed by atoms with van der Waals surface area (Å²) in [5.41, 5.74) is 3.35. The van der Waals surface area contributed by atoms with Gasteiger partial charge in [-0.15, -0.1) is 0 Å². The fourth-order valence-electron chi connectivity index (χ4n) is 5.66. The van der Waals surface area contributed by atoms with Crippen LogP contribution in [0.25, 0.3) is 0 Å². The molecule has 1 saturated carbocycles. The minimum atomic E-state index is -0.567. The number of Topliss-reactive ketones (excluding diaryl/α,β-unsaturated/α-hetero) is 1. The van der Waals surface area contributed by atoms with Gasteiger partial charge in [-0.2, -0.15) is 0 Å². The van der Waals surface area contributed by atoms with Crippen LogP contribution in [0.1, 0.15) is 83.6 Å². The quantitative estimate of drug-likeness (QED) is 0.451. The van der Waals surface area contributed by atoms with Crippen molar-refractivity contribution in [3.05, 3.63) is 46.3 Å². The molecule has 1 aromatic carbocycles. The van der Waals surface area contributed by atoms with E-state index in [1.165, 1.54) is 12.8 Å². The second-order valence-corrected chi connectivity index (χ2v) is 10.6. The average Bonchev–Trinajstić information content (AvgIpc) is 3.05. The van der Waals surface area contributed by atoms with Gasteiger partial charge in [0.2, 0.25) is 0 Å². The average molecular weight is 468 g/mol. The molecule has 1 heterocycles. The lowest BCUT2D eigenvalue weighted by Crippen LogP contribution is -2.39. The summed E-state index contributed by atoms with van der Waals surface area (Å²) < 4.78 is 17.3. The monoisotopic (exact) mass is 467 g/mol. The Morgan fingerprint density at radius 2 is 1.74 bits per heavy atom. The van der Waals surface area contributed by atoms with Crippen molar-refractivity contribution in [2.75, 3.05) is 14.2 Å². The van der Waals surface area contributed by atoms with E-state index in [2.05, 4.69) is 19.2 Å². The number of hydrogen-bond acceptors (Lipinski definition) is 6. The fourth-order valence-corrected chi connectivity index (χ4v) is 5.66. The molecule has 6 heteroatoms. The van der Waals surface area contributed by atoms with Gasteiger partial charge in [0.05, 0.1) is 25.7 Å². The first-order chi connectivity index (χ1) is 16.2. The van der Waals surface area contributed by atoms with Gasteiger partial charge in [0.1, 0.15) is 17.6 Å². The Morgan fingerprint density at radius 3 is 2.38 bits per heavy atom. The molecule has 1 N–H and O–H groups in total. The molecule has 34 heavy (non-hydrogen) atoms. The van der Waals surface area contributed by atoms with Crippen molar-refractivity contribution < 1.29 is 23.8 Å². The van der Waals surface area contributed by atoms with Crippen molar-refractivity contribution in [1.29, 1.82) is 0 Å². The van der Waals surface area contributed by atoms with Crippen LogP contribution in [0, 0.1) is 5.41 Å². The molecule has 0 bridgehead atoms. The van der Waals surface area contributed by atoms with Gasteiger partial charge in [-0.25, -0.2) is 4.79 Å². The third kappa shape index (κ3) is 4.86. The van der Waals surface area contributed by atoms with E-state index >= 15 is 0 Å². The number of methoxy groups -OCH3 is 2. The molecule has 0 unspecified atom stereocenters. The van der Waals surface area contributed by atoms with Crippen LogP contribution in [0.3, 0.4) is 0 Å². The first-order valence-electron chi connectivity index (χ1n) is 12.4. The van der Waals surface area contributed by atoms with E-state index in [1.807, 2.05) is 25.1 Å². The van der Waals surface area contributed by atoms with E-state index in [9.17, 15) is 9.59 Å². The number of carbonyl (C=O) groups is 2. The second-order valence-electron chi connectivity index (χ2n) is 10.6. The SMILES string of the molecule is COc1ccc(OC)c([C@H]2C(C(=O)OC3CCCCCC3)=C(C)NC3=C2C(=O)CC(C)(C)C3)c1.